The molecule has 1 rings (SSSR count). The van der Waals surface area contributed by atoms with Crippen molar-refractivity contribution in [2.75, 3.05) is 0 Å². The molecule has 0 unspecified atom stereocenters. The Hall–Kier alpha value is -0.655. The quantitative estimate of drug-likeness (QED) is 0.425. The number of aryl methyl sites for hydroxylation is 2. The molecule has 0 aromatic carbocycles. The summed E-state index contributed by atoms with van der Waals surface area (Å²) < 4.78 is 2.12. The van der Waals surface area contributed by atoms with Crippen LogP contribution in [0.25, 0.3) is 0 Å². The van der Waals surface area contributed by atoms with Crippen LogP contribution in [-0.2, 0) is 0 Å². The van der Waals surface area contributed by atoms with Crippen LogP contribution in [0.3, 0.4) is 0 Å². The molecule has 0 amide bonds. The summed E-state index contributed by atoms with van der Waals surface area (Å²) in [5, 5.41) is 0. The molecule has 0 N–H and O–H groups in total. The molecule has 0 aliphatic rings. The normalized spacial score (nSPS) is 9.75. The van der Waals surface area contributed by atoms with Crippen molar-refractivity contribution in [3.63, 3.8) is 0 Å². The van der Waals surface area contributed by atoms with Crippen molar-refractivity contribution in [3.8, 4) is 0 Å². The average Bonchev–Trinajstić information content (AvgIpc) is 1.85. The lowest BCUT2D eigenvalue weighted by molar-refractivity contribution is 1.15. The van der Waals surface area contributed by atoms with Gasteiger partial charge >= 0.3 is 0 Å². The molecule has 0 saturated heterocycles. The van der Waals surface area contributed by atoms with E-state index in [1.54, 1.807) is 0 Å². The molecular formula is C6H10BN. The highest BCUT2D eigenvalue weighted by Gasteiger charge is 1.89. The molecule has 1 aromatic rings. The van der Waals surface area contributed by atoms with E-state index in [1.165, 1.54) is 11.3 Å². The Labute approximate surface area is 50.8 Å². The van der Waals surface area contributed by atoms with E-state index in [-0.39, 0.29) is 0 Å². The van der Waals surface area contributed by atoms with Crippen molar-refractivity contribution in [2.45, 2.75) is 13.8 Å². The predicted molar refractivity (Wildman–Crippen MR) is 37.8 cm³/mol. The second kappa shape index (κ2) is 1.69. The number of aromatic nitrogens is 1. The summed E-state index contributed by atoms with van der Waals surface area (Å²) in [4.78, 5) is 0. The van der Waals surface area contributed by atoms with Crippen molar-refractivity contribution in [3.05, 3.63) is 23.5 Å². The standard InChI is InChI=1S/C6H10BN/c1-5-3-6(2)8(7)4-5/h3-4H,7H2,1-2H3. The van der Waals surface area contributed by atoms with Crippen molar-refractivity contribution in [2.24, 2.45) is 0 Å². The summed E-state index contributed by atoms with van der Waals surface area (Å²) in [7, 11) is 2.06. The van der Waals surface area contributed by atoms with Gasteiger partial charge in [-0.25, -0.2) is 0 Å². The second-order valence-electron chi connectivity index (χ2n) is 2.27. The summed E-state index contributed by atoms with van der Waals surface area (Å²) in [5.74, 6) is 0. The van der Waals surface area contributed by atoms with Crippen LogP contribution in [0.15, 0.2) is 12.3 Å². The van der Waals surface area contributed by atoms with Crippen molar-refractivity contribution >= 4 is 7.98 Å². The minimum absolute atomic E-state index is 1.32. The topological polar surface area (TPSA) is 4.93 Å². The first-order chi connectivity index (χ1) is 3.70. The van der Waals surface area contributed by atoms with E-state index in [0.29, 0.717) is 0 Å². The first kappa shape index (κ1) is 5.48. The molecule has 0 bridgehead atoms. The molecule has 0 radical (unpaired) electrons. The molecule has 0 aliphatic carbocycles. The third-order valence-electron chi connectivity index (χ3n) is 1.39. The maximum atomic E-state index is 2.17. The van der Waals surface area contributed by atoms with Gasteiger partial charge in [-0.05, 0) is 31.7 Å². The van der Waals surface area contributed by atoms with E-state index < -0.39 is 0 Å². The summed E-state index contributed by atoms with van der Waals surface area (Å²) in [5.41, 5.74) is 2.66. The molecule has 0 aliphatic heterocycles. The molecular weight excluding hydrogens is 96.9 g/mol. The highest BCUT2D eigenvalue weighted by molar-refractivity contribution is 6.07. The maximum absolute atomic E-state index is 2.17. The first-order valence-electron chi connectivity index (χ1n) is 2.80. The SMILES string of the molecule is Bn1cc(C)cc1C. The van der Waals surface area contributed by atoms with Gasteiger partial charge in [-0.15, -0.1) is 0 Å². The Morgan fingerprint density at radius 2 is 2.12 bits per heavy atom. The van der Waals surface area contributed by atoms with Gasteiger partial charge in [0.15, 0.2) is 0 Å². The Kier molecular flexibility index (Phi) is 1.16. The largest absolute Gasteiger partial charge is 0.403 e. The van der Waals surface area contributed by atoms with Crippen LogP contribution in [0.5, 0.6) is 0 Å². The van der Waals surface area contributed by atoms with Crippen LogP contribution in [0, 0.1) is 13.8 Å². The van der Waals surface area contributed by atoms with E-state index in [1.807, 2.05) is 0 Å². The molecule has 0 atom stereocenters. The van der Waals surface area contributed by atoms with Crippen LogP contribution < -0.4 is 0 Å². The van der Waals surface area contributed by atoms with Crippen LogP contribution >= 0.6 is 0 Å². The van der Waals surface area contributed by atoms with E-state index in [9.17, 15) is 0 Å². The third kappa shape index (κ3) is 0.784. The number of hydrogen-bond acceptors (Lipinski definition) is 0. The molecule has 8 heavy (non-hydrogen) atoms. The molecule has 0 fully saturated rings. The van der Waals surface area contributed by atoms with Gasteiger partial charge in [0.2, 0.25) is 7.98 Å². The van der Waals surface area contributed by atoms with Crippen molar-refractivity contribution in [1.29, 1.82) is 0 Å². The van der Waals surface area contributed by atoms with Crippen molar-refractivity contribution < 1.29 is 0 Å². The zero-order valence-corrected chi connectivity index (χ0v) is 5.60. The summed E-state index contributed by atoms with van der Waals surface area (Å²) in [6, 6.07) is 2.17. The number of nitrogens with zero attached hydrogens (tertiary/aromatic N) is 1. The van der Waals surface area contributed by atoms with E-state index in [0.717, 1.165) is 0 Å². The van der Waals surface area contributed by atoms with Gasteiger partial charge in [0.25, 0.3) is 0 Å². The van der Waals surface area contributed by atoms with Crippen LogP contribution in [-0.4, -0.2) is 12.5 Å². The van der Waals surface area contributed by atoms with E-state index in [4.69, 9.17) is 0 Å². The summed E-state index contributed by atoms with van der Waals surface area (Å²) in [6.45, 7) is 4.21. The Balaban J connectivity index is 3.14. The predicted octanol–water partition coefficient (Wildman–Crippen LogP) is 0.501. The molecule has 1 heterocycles. The number of rotatable bonds is 0. The lowest BCUT2D eigenvalue weighted by Gasteiger charge is -1.90. The fourth-order valence-corrected chi connectivity index (χ4v) is 0.876. The highest BCUT2D eigenvalue weighted by Crippen LogP contribution is 2.01. The number of hydrogen-bond donors (Lipinski definition) is 0. The monoisotopic (exact) mass is 107 g/mol. The average molecular weight is 107 g/mol. The summed E-state index contributed by atoms with van der Waals surface area (Å²) >= 11 is 0. The fourth-order valence-electron chi connectivity index (χ4n) is 0.876. The molecule has 42 valence electrons. The van der Waals surface area contributed by atoms with Crippen LogP contribution in [0.2, 0.25) is 0 Å². The van der Waals surface area contributed by atoms with Gasteiger partial charge in [0.1, 0.15) is 0 Å². The summed E-state index contributed by atoms with van der Waals surface area (Å²) in [6.07, 6.45) is 2.12. The zero-order valence-electron chi connectivity index (χ0n) is 5.60. The second-order valence-corrected chi connectivity index (χ2v) is 2.27. The highest BCUT2D eigenvalue weighted by atomic mass is 14.8. The molecule has 1 nitrogen and oxygen atoms in total. The maximum Gasteiger partial charge on any atom is 0.222 e. The van der Waals surface area contributed by atoms with Gasteiger partial charge in [0.05, 0.1) is 0 Å². The lowest BCUT2D eigenvalue weighted by Crippen LogP contribution is -1.89. The Morgan fingerprint density at radius 3 is 2.25 bits per heavy atom. The third-order valence-corrected chi connectivity index (χ3v) is 1.39. The first-order valence-corrected chi connectivity index (χ1v) is 2.80. The minimum Gasteiger partial charge on any atom is -0.403 e. The van der Waals surface area contributed by atoms with Crippen LogP contribution in [0.4, 0.5) is 0 Å². The van der Waals surface area contributed by atoms with Gasteiger partial charge in [0, 0.05) is 5.69 Å². The van der Waals surface area contributed by atoms with Gasteiger partial charge in [-0.1, -0.05) is 0 Å². The minimum atomic E-state index is 1.32. The fraction of sp³-hybridized carbons (Fsp3) is 0.333. The Bertz CT molecular complexity index is 171. The molecule has 0 saturated carbocycles. The molecule has 0 spiro atoms. The van der Waals surface area contributed by atoms with Crippen molar-refractivity contribution in [1.82, 2.24) is 4.48 Å². The Morgan fingerprint density at radius 1 is 1.50 bits per heavy atom. The van der Waals surface area contributed by atoms with E-state index >= 15 is 0 Å². The molecule has 1 aromatic heterocycles. The lowest BCUT2D eigenvalue weighted by atomic mass is 10.3. The van der Waals surface area contributed by atoms with Crippen LogP contribution in [0.1, 0.15) is 11.3 Å². The van der Waals surface area contributed by atoms with E-state index in [2.05, 4.69) is 38.6 Å². The van der Waals surface area contributed by atoms with Gasteiger partial charge in [-0.3, -0.25) is 0 Å². The smallest absolute Gasteiger partial charge is 0.222 e. The van der Waals surface area contributed by atoms with Gasteiger partial charge in [-0.2, -0.15) is 0 Å². The molecule has 2 heteroatoms. The zero-order chi connectivity index (χ0) is 6.15. The van der Waals surface area contributed by atoms with Gasteiger partial charge < -0.3 is 4.48 Å².